The molecule has 1 aliphatic rings. The number of nitrogens with zero attached hydrogens (tertiary/aromatic N) is 3. The summed E-state index contributed by atoms with van der Waals surface area (Å²) in [5.74, 6) is 0.373. The molecule has 122 valence electrons. The second-order valence-corrected chi connectivity index (χ2v) is 7.82. The topological polar surface area (TPSA) is 72.4 Å². The summed E-state index contributed by atoms with van der Waals surface area (Å²) in [6, 6.07) is -0.0774. The number of rotatable bonds is 3. The molecule has 2 atom stereocenters. The zero-order valence-electron chi connectivity index (χ0n) is 13.3. The van der Waals surface area contributed by atoms with Crippen LogP contribution in [0.15, 0.2) is 23.6 Å². The Morgan fingerprint density at radius 1 is 1.41 bits per heavy atom. The SMILES string of the molecule is CC(C)(C)OC(=O)N1CCCC[C@@H]1C[S@@](=O)c1cnccn1. The fourth-order valence-electron chi connectivity index (χ4n) is 2.40. The molecule has 0 spiro atoms. The van der Waals surface area contributed by atoms with Gasteiger partial charge in [-0.3, -0.25) is 9.19 Å². The van der Waals surface area contributed by atoms with Gasteiger partial charge in [0.25, 0.3) is 0 Å². The van der Waals surface area contributed by atoms with Gasteiger partial charge < -0.3 is 9.64 Å². The fraction of sp³-hybridized carbons (Fsp3) is 0.667. The van der Waals surface area contributed by atoms with Crippen molar-refractivity contribution in [2.24, 2.45) is 0 Å². The first kappa shape index (κ1) is 16.9. The van der Waals surface area contributed by atoms with Gasteiger partial charge in [0.1, 0.15) is 10.6 Å². The standard InChI is InChI=1S/C15H23N3O3S/c1-15(2,3)21-14(19)18-9-5-4-6-12(18)11-22(20)13-10-16-7-8-17-13/h7-8,10,12H,4-6,9,11H2,1-3H3/t12-,22-/m1/s1. The van der Waals surface area contributed by atoms with E-state index in [1.165, 1.54) is 12.4 Å². The van der Waals surface area contributed by atoms with Crippen molar-refractivity contribution in [2.75, 3.05) is 12.3 Å². The zero-order chi connectivity index (χ0) is 16.2. The van der Waals surface area contributed by atoms with E-state index >= 15 is 0 Å². The van der Waals surface area contributed by atoms with Gasteiger partial charge in [0.15, 0.2) is 0 Å². The third kappa shape index (κ3) is 4.76. The van der Waals surface area contributed by atoms with Crippen molar-refractivity contribution in [1.29, 1.82) is 0 Å². The van der Waals surface area contributed by atoms with Crippen LogP contribution in [0.4, 0.5) is 4.79 Å². The van der Waals surface area contributed by atoms with Crippen LogP contribution in [0.25, 0.3) is 0 Å². The van der Waals surface area contributed by atoms with Crippen molar-refractivity contribution in [3.05, 3.63) is 18.6 Å². The van der Waals surface area contributed by atoms with E-state index in [2.05, 4.69) is 9.97 Å². The average Bonchev–Trinajstić information content (AvgIpc) is 2.47. The van der Waals surface area contributed by atoms with Gasteiger partial charge >= 0.3 is 6.09 Å². The highest BCUT2D eigenvalue weighted by molar-refractivity contribution is 7.85. The van der Waals surface area contributed by atoms with Gasteiger partial charge in [-0.1, -0.05) is 0 Å². The first-order valence-electron chi connectivity index (χ1n) is 7.51. The number of hydrogen-bond acceptors (Lipinski definition) is 5. The van der Waals surface area contributed by atoms with Gasteiger partial charge in [-0.05, 0) is 40.0 Å². The van der Waals surface area contributed by atoms with Crippen LogP contribution in [0.2, 0.25) is 0 Å². The number of aromatic nitrogens is 2. The molecule has 0 N–H and O–H groups in total. The minimum absolute atomic E-state index is 0.0774. The Morgan fingerprint density at radius 2 is 2.18 bits per heavy atom. The van der Waals surface area contributed by atoms with Crippen LogP contribution < -0.4 is 0 Å². The maximum Gasteiger partial charge on any atom is 0.410 e. The predicted octanol–water partition coefficient (Wildman–Crippen LogP) is 2.37. The van der Waals surface area contributed by atoms with E-state index in [4.69, 9.17) is 4.74 Å². The van der Waals surface area contributed by atoms with Crippen LogP contribution in [0.5, 0.6) is 0 Å². The number of piperidine rings is 1. The molecule has 6 nitrogen and oxygen atoms in total. The molecule has 1 fully saturated rings. The number of carbonyl (C=O) groups excluding carboxylic acids is 1. The summed E-state index contributed by atoms with van der Waals surface area (Å²) in [6.07, 6.45) is 7.08. The van der Waals surface area contributed by atoms with E-state index in [1.807, 2.05) is 20.8 Å². The smallest absolute Gasteiger partial charge is 0.410 e. The minimum atomic E-state index is -1.26. The lowest BCUT2D eigenvalue weighted by molar-refractivity contribution is 0.0125. The summed E-state index contributed by atoms with van der Waals surface area (Å²) in [7, 11) is -1.26. The van der Waals surface area contributed by atoms with Crippen LogP contribution in [0, 0.1) is 0 Å². The van der Waals surface area contributed by atoms with Crippen molar-refractivity contribution in [1.82, 2.24) is 14.9 Å². The molecule has 2 heterocycles. The molecule has 0 radical (unpaired) electrons. The normalized spacial score (nSPS) is 20.5. The largest absolute Gasteiger partial charge is 0.444 e. The molecule has 2 rings (SSSR count). The third-order valence-corrected chi connectivity index (χ3v) is 4.74. The van der Waals surface area contributed by atoms with Crippen LogP contribution in [0.1, 0.15) is 40.0 Å². The van der Waals surface area contributed by atoms with Crippen LogP contribution in [-0.4, -0.2) is 49.1 Å². The Labute approximate surface area is 133 Å². The summed E-state index contributed by atoms with van der Waals surface area (Å²) in [6.45, 7) is 6.20. The van der Waals surface area contributed by atoms with E-state index in [-0.39, 0.29) is 12.1 Å². The van der Waals surface area contributed by atoms with E-state index in [9.17, 15) is 9.00 Å². The molecule has 1 aromatic heterocycles. The summed E-state index contributed by atoms with van der Waals surface area (Å²) >= 11 is 0. The van der Waals surface area contributed by atoms with E-state index in [0.717, 1.165) is 19.3 Å². The van der Waals surface area contributed by atoms with Gasteiger partial charge in [0.2, 0.25) is 0 Å². The number of likely N-dealkylation sites (tertiary alicyclic amines) is 1. The second kappa shape index (κ2) is 7.17. The Kier molecular flexibility index (Phi) is 5.50. The highest BCUT2D eigenvalue weighted by Crippen LogP contribution is 2.22. The van der Waals surface area contributed by atoms with Gasteiger partial charge in [0, 0.05) is 25.0 Å². The monoisotopic (exact) mass is 325 g/mol. The lowest BCUT2D eigenvalue weighted by atomic mass is 10.0. The van der Waals surface area contributed by atoms with E-state index < -0.39 is 16.4 Å². The van der Waals surface area contributed by atoms with Crippen LogP contribution in [0.3, 0.4) is 0 Å². The van der Waals surface area contributed by atoms with Gasteiger partial charge in [-0.15, -0.1) is 0 Å². The molecule has 1 aromatic rings. The summed E-state index contributed by atoms with van der Waals surface area (Å²) in [5, 5.41) is 0.456. The lowest BCUT2D eigenvalue weighted by Crippen LogP contribution is -2.48. The molecule has 0 bridgehead atoms. The van der Waals surface area contributed by atoms with E-state index in [0.29, 0.717) is 17.3 Å². The minimum Gasteiger partial charge on any atom is -0.444 e. The molecule has 0 aromatic carbocycles. The number of hydrogen-bond donors (Lipinski definition) is 0. The van der Waals surface area contributed by atoms with Gasteiger partial charge in [0.05, 0.1) is 22.7 Å². The number of carbonyl (C=O) groups is 1. The highest BCUT2D eigenvalue weighted by Gasteiger charge is 2.31. The van der Waals surface area contributed by atoms with Crippen molar-refractivity contribution in [2.45, 2.75) is 56.7 Å². The summed E-state index contributed by atoms with van der Waals surface area (Å²) in [4.78, 5) is 22.0. The quantitative estimate of drug-likeness (QED) is 0.853. The van der Waals surface area contributed by atoms with Crippen molar-refractivity contribution < 1.29 is 13.7 Å². The fourth-order valence-corrected chi connectivity index (χ4v) is 3.62. The van der Waals surface area contributed by atoms with Crippen molar-refractivity contribution >= 4 is 16.9 Å². The first-order valence-corrected chi connectivity index (χ1v) is 8.83. The second-order valence-electron chi connectivity index (χ2n) is 6.38. The predicted molar refractivity (Wildman–Crippen MR) is 83.9 cm³/mol. The van der Waals surface area contributed by atoms with E-state index in [1.54, 1.807) is 11.1 Å². The Balaban J connectivity index is 2.04. The highest BCUT2D eigenvalue weighted by atomic mass is 32.2. The molecular formula is C15H23N3O3S. The number of amides is 1. The molecule has 1 amide bonds. The Morgan fingerprint density at radius 3 is 2.82 bits per heavy atom. The summed E-state index contributed by atoms with van der Waals surface area (Å²) in [5.41, 5.74) is -0.525. The average molecular weight is 325 g/mol. The first-order chi connectivity index (χ1) is 10.4. The third-order valence-electron chi connectivity index (χ3n) is 3.37. The molecule has 7 heteroatoms. The molecule has 22 heavy (non-hydrogen) atoms. The van der Waals surface area contributed by atoms with Crippen molar-refractivity contribution in [3.63, 3.8) is 0 Å². The lowest BCUT2D eigenvalue weighted by Gasteiger charge is -2.36. The maximum absolute atomic E-state index is 12.4. The Bertz CT molecular complexity index is 531. The molecule has 0 unspecified atom stereocenters. The zero-order valence-corrected chi connectivity index (χ0v) is 14.1. The molecule has 1 aliphatic heterocycles. The Hall–Kier alpha value is -1.50. The molecular weight excluding hydrogens is 302 g/mol. The molecule has 0 aliphatic carbocycles. The summed E-state index contributed by atoms with van der Waals surface area (Å²) < 4.78 is 17.9. The van der Waals surface area contributed by atoms with Crippen molar-refractivity contribution in [3.8, 4) is 0 Å². The molecule has 1 saturated heterocycles. The van der Waals surface area contributed by atoms with Gasteiger partial charge in [-0.25, -0.2) is 9.78 Å². The molecule has 0 saturated carbocycles. The maximum atomic E-state index is 12.4. The van der Waals surface area contributed by atoms with Crippen LogP contribution in [-0.2, 0) is 15.5 Å². The van der Waals surface area contributed by atoms with Gasteiger partial charge in [-0.2, -0.15) is 0 Å². The number of ether oxygens (including phenoxy) is 1. The van der Waals surface area contributed by atoms with Crippen LogP contribution >= 0.6 is 0 Å².